The van der Waals surface area contributed by atoms with Crippen LogP contribution in [0.4, 0.5) is 15.3 Å². The van der Waals surface area contributed by atoms with E-state index in [1.165, 1.54) is 36.5 Å². The normalized spacial score (nSPS) is 15.6. The van der Waals surface area contributed by atoms with E-state index in [-0.39, 0.29) is 17.0 Å². The highest BCUT2D eigenvalue weighted by atomic mass is 32.2. The van der Waals surface area contributed by atoms with Crippen molar-refractivity contribution in [2.75, 3.05) is 23.3 Å². The van der Waals surface area contributed by atoms with Crippen LogP contribution in [0.15, 0.2) is 34.2 Å². The predicted molar refractivity (Wildman–Crippen MR) is 132 cm³/mol. The lowest BCUT2D eigenvalue weighted by Crippen LogP contribution is -2.33. The SMILES string of the molecule is CC(=N)/C(=C(\Nc1nc(N2CCC(C)CC2)c(SC(C)C)s1)C(=O)O)c1cccc(F)c1. The minimum absolute atomic E-state index is 0.0269. The van der Waals surface area contributed by atoms with Gasteiger partial charge in [-0.2, -0.15) is 0 Å². The summed E-state index contributed by atoms with van der Waals surface area (Å²) in [6, 6.07) is 5.63. The van der Waals surface area contributed by atoms with Gasteiger partial charge >= 0.3 is 5.97 Å². The molecule has 0 radical (unpaired) electrons. The fraction of sp³-hybridized carbons (Fsp3) is 0.435. The quantitative estimate of drug-likeness (QED) is 0.247. The molecule has 3 rings (SSSR count). The maximum atomic E-state index is 13.8. The van der Waals surface area contributed by atoms with Gasteiger partial charge in [-0.15, -0.1) is 11.8 Å². The number of hydrogen-bond acceptors (Lipinski definition) is 7. The zero-order chi connectivity index (χ0) is 23.4. The molecule has 0 spiro atoms. The number of aromatic nitrogens is 1. The monoisotopic (exact) mass is 476 g/mol. The number of thiazole rings is 1. The van der Waals surface area contributed by atoms with Gasteiger partial charge in [0.2, 0.25) is 0 Å². The Kier molecular flexibility index (Phi) is 7.95. The van der Waals surface area contributed by atoms with Crippen molar-refractivity contribution in [3.8, 4) is 0 Å². The largest absolute Gasteiger partial charge is 0.477 e. The van der Waals surface area contributed by atoms with E-state index in [1.54, 1.807) is 17.8 Å². The van der Waals surface area contributed by atoms with Crippen LogP contribution in [0.25, 0.3) is 5.57 Å². The Balaban J connectivity index is 2.02. The Morgan fingerprint density at radius 1 is 1.38 bits per heavy atom. The molecule has 0 bridgehead atoms. The summed E-state index contributed by atoms with van der Waals surface area (Å²) in [7, 11) is 0. The average molecular weight is 477 g/mol. The molecule has 1 aromatic carbocycles. The fourth-order valence-electron chi connectivity index (χ4n) is 3.58. The third kappa shape index (κ3) is 5.89. The van der Waals surface area contributed by atoms with Crippen LogP contribution >= 0.6 is 23.1 Å². The van der Waals surface area contributed by atoms with Crippen molar-refractivity contribution >= 4 is 51.3 Å². The summed E-state index contributed by atoms with van der Waals surface area (Å²) in [5.74, 6) is -0.142. The second-order valence-electron chi connectivity index (χ2n) is 8.28. The highest BCUT2D eigenvalue weighted by molar-refractivity contribution is 8.01. The maximum absolute atomic E-state index is 13.8. The number of hydrogen-bond donors (Lipinski definition) is 3. The van der Waals surface area contributed by atoms with Crippen LogP contribution < -0.4 is 10.2 Å². The lowest BCUT2D eigenvalue weighted by atomic mass is 9.99. The van der Waals surface area contributed by atoms with Crippen LogP contribution in [0.1, 0.15) is 46.1 Å². The summed E-state index contributed by atoms with van der Waals surface area (Å²) in [4.78, 5) is 19.2. The minimum Gasteiger partial charge on any atom is -0.477 e. The van der Waals surface area contributed by atoms with Gasteiger partial charge in [-0.05, 0) is 43.4 Å². The third-order valence-corrected chi connectivity index (χ3v) is 7.35. The molecule has 1 aromatic heterocycles. The second kappa shape index (κ2) is 10.5. The molecule has 1 aliphatic heterocycles. The smallest absolute Gasteiger partial charge is 0.353 e. The topological polar surface area (TPSA) is 89.3 Å². The fourth-order valence-corrected chi connectivity index (χ4v) is 6.03. The minimum atomic E-state index is -1.22. The van der Waals surface area contributed by atoms with Crippen LogP contribution in [0, 0.1) is 17.1 Å². The number of nitrogens with one attached hydrogen (secondary N) is 2. The van der Waals surface area contributed by atoms with Crippen molar-refractivity contribution in [1.29, 1.82) is 5.41 Å². The van der Waals surface area contributed by atoms with Crippen molar-refractivity contribution in [3.63, 3.8) is 0 Å². The van der Waals surface area contributed by atoms with Crippen LogP contribution in [-0.4, -0.2) is 40.1 Å². The van der Waals surface area contributed by atoms with Gasteiger partial charge in [-0.1, -0.05) is 44.2 Å². The molecular weight excluding hydrogens is 447 g/mol. The van der Waals surface area contributed by atoms with Gasteiger partial charge in [0, 0.05) is 29.6 Å². The molecule has 2 aromatic rings. The number of piperidine rings is 1. The molecule has 0 amide bonds. The van der Waals surface area contributed by atoms with Crippen LogP contribution in [0.5, 0.6) is 0 Å². The van der Waals surface area contributed by atoms with E-state index in [0.29, 0.717) is 21.9 Å². The Labute approximate surface area is 196 Å². The molecule has 0 saturated carbocycles. The van der Waals surface area contributed by atoms with Gasteiger partial charge in [-0.25, -0.2) is 14.2 Å². The van der Waals surface area contributed by atoms with E-state index in [0.717, 1.165) is 36.0 Å². The van der Waals surface area contributed by atoms with Gasteiger partial charge in [0.25, 0.3) is 0 Å². The summed E-state index contributed by atoms with van der Waals surface area (Å²) in [5, 5.41) is 21.8. The highest BCUT2D eigenvalue weighted by Crippen LogP contribution is 2.41. The van der Waals surface area contributed by atoms with Gasteiger partial charge < -0.3 is 20.7 Å². The number of carboxylic acid groups (broad SMARTS) is 1. The Morgan fingerprint density at radius 2 is 2.06 bits per heavy atom. The van der Waals surface area contributed by atoms with Crippen molar-refractivity contribution in [1.82, 2.24) is 4.98 Å². The number of rotatable bonds is 8. The van der Waals surface area contributed by atoms with Gasteiger partial charge in [0.15, 0.2) is 10.9 Å². The summed E-state index contributed by atoms with van der Waals surface area (Å²) in [5.41, 5.74) is 0.315. The number of carbonyl (C=O) groups is 1. The number of thioether (sulfide) groups is 1. The number of allylic oxidation sites excluding steroid dienone is 1. The van der Waals surface area contributed by atoms with Crippen molar-refractivity contribution < 1.29 is 14.3 Å². The molecule has 0 aliphatic carbocycles. The summed E-state index contributed by atoms with van der Waals surface area (Å²) in [6.45, 7) is 9.82. The Hall–Kier alpha value is -2.39. The van der Waals surface area contributed by atoms with Gasteiger partial charge in [-0.3, -0.25) is 0 Å². The van der Waals surface area contributed by atoms with Crippen LogP contribution in [0.2, 0.25) is 0 Å². The summed E-state index contributed by atoms with van der Waals surface area (Å²) < 4.78 is 14.9. The summed E-state index contributed by atoms with van der Waals surface area (Å²) in [6.07, 6.45) is 2.20. The Morgan fingerprint density at radius 3 is 2.62 bits per heavy atom. The number of halogens is 1. The number of anilines is 2. The van der Waals surface area contributed by atoms with E-state index in [4.69, 9.17) is 10.4 Å². The Bertz CT molecular complexity index is 1030. The molecule has 172 valence electrons. The molecule has 1 fully saturated rings. The molecular formula is C23H29FN4O2S2. The van der Waals surface area contributed by atoms with E-state index in [2.05, 4.69) is 31.0 Å². The molecule has 3 N–H and O–H groups in total. The van der Waals surface area contributed by atoms with Crippen molar-refractivity contribution in [2.24, 2.45) is 5.92 Å². The molecule has 0 atom stereocenters. The lowest BCUT2D eigenvalue weighted by Gasteiger charge is -2.31. The van der Waals surface area contributed by atoms with E-state index < -0.39 is 11.8 Å². The first-order valence-electron chi connectivity index (χ1n) is 10.6. The van der Waals surface area contributed by atoms with Crippen LogP contribution in [-0.2, 0) is 4.79 Å². The summed E-state index contributed by atoms with van der Waals surface area (Å²) >= 11 is 3.12. The van der Waals surface area contributed by atoms with Crippen molar-refractivity contribution in [3.05, 3.63) is 41.3 Å². The van der Waals surface area contributed by atoms with E-state index >= 15 is 0 Å². The number of carboxylic acids is 1. The second-order valence-corrected chi connectivity index (χ2v) is 11.1. The number of benzene rings is 1. The highest BCUT2D eigenvalue weighted by Gasteiger charge is 2.25. The molecule has 9 heteroatoms. The van der Waals surface area contributed by atoms with Crippen molar-refractivity contribution in [2.45, 2.75) is 50.0 Å². The first-order chi connectivity index (χ1) is 15.2. The first kappa shape index (κ1) is 24.3. The standard InChI is InChI=1S/C23H29FN4O2S2/c1-13(2)31-22-20(28-10-8-14(3)9-11-28)27-23(32-22)26-19(21(29)30)18(15(4)25)16-6-5-7-17(24)12-16/h5-7,12-14,25H,8-11H2,1-4H3,(H,26,27)(H,29,30)/b19-18+,25-15?. The molecule has 1 saturated heterocycles. The molecule has 32 heavy (non-hydrogen) atoms. The lowest BCUT2D eigenvalue weighted by molar-refractivity contribution is -0.132. The van der Waals surface area contributed by atoms with Gasteiger partial charge in [0.05, 0.1) is 0 Å². The van der Waals surface area contributed by atoms with E-state index in [1.807, 2.05) is 0 Å². The number of nitrogens with zero attached hydrogens (tertiary/aromatic N) is 2. The molecule has 6 nitrogen and oxygen atoms in total. The zero-order valence-corrected chi connectivity index (χ0v) is 20.4. The molecule has 1 aliphatic rings. The molecule has 2 heterocycles. The predicted octanol–water partition coefficient (Wildman–Crippen LogP) is 5.97. The zero-order valence-electron chi connectivity index (χ0n) is 18.7. The van der Waals surface area contributed by atoms with Crippen LogP contribution in [0.3, 0.4) is 0 Å². The number of aliphatic carboxylic acids is 1. The first-order valence-corrected chi connectivity index (χ1v) is 12.3. The average Bonchev–Trinajstić information content (AvgIpc) is 3.09. The van der Waals surface area contributed by atoms with Gasteiger partial charge in [0.1, 0.15) is 15.7 Å². The van der Waals surface area contributed by atoms with E-state index in [9.17, 15) is 14.3 Å². The maximum Gasteiger partial charge on any atom is 0.353 e. The molecule has 0 unspecified atom stereocenters. The third-order valence-electron chi connectivity index (χ3n) is 5.19.